The number of hydrogen-bond donors (Lipinski definition) is 0. The van der Waals surface area contributed by atoms with Crippen molar-refractivity contribution in [3.8, 4) is 0 Å². The van der Waals surface area contributed by atoms with Gasteiger partial charge in [0.05, 0.1) is 15.5 Å². The van der Waals surface area contributed by atoms with Crippen molar-refractivity contribution in [2.45, 2.75) is 17.9 Å². The second kappa shape index (κ2) is 7.15. The summed E-state index contributed by atoms with van der Waals surface area (Å²) >= 11 is 5.94. The van der Waals surface area contributed by atoms with E-state index in [1.54, 1.807) is 30.3 Å². The van der Waals surface area contributed by atoms with Gasteiger partial charge in [0.2, 0.25) is 5.78 Å². The first-order valence-electron chi connectivity index (χ1n) is 7.00. The molecule has 0 amide bonds. The SMILES string of the molecule is C[C@H](OC(=O)c1cc(S(C)(=O)=O)ccc1Cl)C(=O)c1ccccc1. The van der Waals surface area contributed by atoms with Gasteiger partial charge in [-0.1, -0.05) is 41.9 Å². The Balaban J connectivity index is 2.22. The van der Waals surface area contributed by atoms with Crippen molar-refractivity contribution < 1.29 is 22.7 Å². The second-order valence-corrected chi connectivity index (χ2v) is 7.61. The van der Waals surface area contributed by atoms with Crippen molar-refractivity contribution in [3.63, 3.8) is 0 Å². The van der Waals surface area contributed by atoms with Crippen LogP contribution in [0.3, 0.4) is 0 Å². The van der Waals surface area contributed by atoms with Gasteiger partial charge in [-0.25, -0.2) is 13.2 Å². The Bertz CT molecular complexity index is 875. The highest BCUT2D eigenvalue weighted by molar-refractivity contribution is 7.90. The minimum absolute atomic E-state index is 0.0479. The number of carbonyl (C=O) groups excluding carboxylic acids is 2. The number of benzene rings is 2. The predicted octanol–water partition coefficient (Wildman–Crippen LogP) is 3.17. The zero-order chi connectivity index (χ0) is 17.9. The molecule has 0 radical (unpaired) electrons. The molecule has 5 nitrogen and oxygen atoms in total. The lowest BCUT2D eigenvalue weighted by Gasteiger charge is -2.13. The Morgan fingerprint density at radius 1 is 1.08 bits per heavy atom. The van der Waals surface area contributed by atoms with Crippen LogP contribution in [0, 0.1) is 0 Å². The number of ketones is 1. The van der Waals surface area contributed by atoms with Gasteiger partial charge >= 0.3 is 5.97 Å². The second-order valence-electron chi connectivity index (χ2n) is 5.19. The largest absolute Gasteiger partial charge is 0.451 e. The molecule has 0 saturated carbocycles. The first kappa shape index (κ1) is 18.2. The van der Waals surface area contributed by atoms with Crippen LogP contribution in [0.5, 0.6) is 0 Å². The van der Waals surface area contributed by atoms with Gasteiger partial charge in [-0.05, 0) is 25.1 Å². The van der Waals surface area contributed by atoms with Crippen LogP contribution in [0.2, 0.25) is 5.02 Å². The lowest BCUT2D eigenvalue weighted by atomic mass is 10.1. The summed E-state index contributed by atoms with van der Waals surface area (Å²) in [5.41, 5.74) is 0.307. The van der Waals surface area contributed by atoms with Gasteiger partial charge in [-0.3, -0.25) is 4.79 Å². The van der Waals surface area contributed by atoms with Crippen molar-refractivity contribution in [2.24, 2.45) is 0 Å². The number of halogens is 1. The number of hydrogen-bond acceptors (Lipinski definition) is 5. The summed E-state index contributed by atoms with van der Waals surface area (Å²) < 4.78 is 28.3. The summed E-state index contributed by atoms with van der Waals surface area (Å²) in [5, 5.41) is 0.0479. The molecule has 0 aromatic heterocycles. The van der Waals surface area contributed by atoms with E-state index in [1.165, 1.54) is 19.1 Å². The molecule has 2 aromatic carbocycles. The topological polar surface area (TPSA) is 77.5 Å². The van der Waals surface area contributed by atoms with Gasteiger partial charge in [0.15, 0.2) is 15.9 Å². The van der Waals surface area contributed by atoms with Crippen molar-refractivity contribution in [3.05, 3.63) is 64.7 Å². The third kappa shape index (κ3) is 4.21. The molecule has 0 bridgehead atoms. The molecule has 1 atom stereocenters. The summed E-state index contributed by atoms with van der Waals surface area (Å²) in [7, 11) is -3.50. The Morgan fingerprint density at radius 3 is 2.29 bits per heavy atom. The number of sulfone groups is 1. The highest BCUT2D eigenvalue weighted by Gasteiger charge is 2.23. The maximum atomic E-state index is 12.2. The van der Waals surface area contributed by atoms with E-state index < -0.39 is 21.9 Å². The molecule has 0 spiro atoms. The molecule has 24 heavy (non-hydrogen) atoms. The molecule has 126 valence electrons. The van der Waals surface area contributed by atoms with Crippen LogP contribution >= 0.6 is 11.6 Å². The molecule has 0 fully saturated rings. The fraction of sp³-hybridized carbons (Fsp3) is 0.176. The van der Waals surface area contributed by atoms with Crippen molar-refractivity contribution >= 4 is 33.2 Å². The van der Waals surface area contributed by atoms with E-state index in [1.807, 2.05) is 0 Å². The van der Waals surface area contributed by atoms with E-state index in [2.05, 4.69) is 0 Å². The average Bonchev–Trinajstić information content (AvgIpc) is 2.54. The van der Waals surface area contributed by atoms with E-state index in [9.17, 15) is 18.0 Å². The summed E-state index contributed by atoms with van der Waals surface area (Å²) in [4.78, 5) is 24.4. The van der Waals surface area contributed by atoms with Gasteiger partial charge in [0.25, 0.3) is 0 Å². The number of rotatable bonds is 5. The van der Waals surface area contributed by atoms with Gasteiger partial charge in [-0.15, -0.1) is 0 Å². The number of ether oxygens (including phenoxy) is 1. The molecule has 0 aliphatic carbocycles. The van der Waals surface area contributed by atoms with E-state index >= 15 is 0 Å². The Morgan fingerprint density at radius 2 is 1.71 bits per heavy atom. The van der Waals surface area contributed by atoms with Crippen LogP contribution in [0.15, 0.2) is 53.4 Å². The van der Waals surface area contributed by atoms with Crippen LogP contribution in [-0.4, -0.2) is 32.5 Å². The molecule has 0 aliphatic rings. The molecule has 0 heterocycles. The lowest BCUT2D eigenvalue weighted by Crippen LogP contribution is -2.24. The highest BCUT2D eigenvalue weighted by Crippen LogP contribution is 2.22. The fourth-order valence-electron chi connectivity index (χ4n) is 2.01. The summed E-state index contributed by atoms with van der Waals surface area (Å²) in [6.07, 6.45) is -0.00902. The normalized spacial score (nSPS) is 12.5. The van der Waals surface area contributed by atoms with Gasteiger partial charge in [0, 0.05) is 11.8 Å². The molecule has 0 unspecified atom stereocenters. The van der Waals surface area contributed by atoms with Crippen molar-refractivity contribution in [1.29, 1.82) is 0 Å². The zero-order valence-corrected chi connectivity index (χ0v) is 14.6. The molecule has 7 heteroatoms. The number of carbonyl (C=O) groups is 2. The van der Waals surface area contributed by atoms with Crippen molar-refractivity contribution in [1.82, 2.24) is 0 Å². The van der Waals surface area contributed by atoms with Crippen LogP contribution in [0.1, 0.15) is 27.6 Å². The molecule has 0 aliphatic heterocycles. The van der Waals surface area contributed by atoms with E-state index in [4.69, 9.17) is 16.3 Å². The maximum Gasteiger partial charge on any atom is 0.340 e. The smallest absolute Gasteiger partial charge is 0.340 e. The van der Waals surface area contributed by atoms with E-state index in [0.29, 0.717) is 5.56 Å². The predicted molar refractivity (Wildman–Crippen MR) is 90.2 cm³/mol. The van der Waals surface area contributed by atoms with Gasteiger partial charge < -0.3 is 4.74 Å². The minimum Gasteiger partial charge on any atom is -0.451 e. The van der Waals surface area contributed by atoms with Gasteiger partial charge in [-0.2, -0.15) is 0 Å². The fourth-order valence-corrected chi connectivity index (χ4v) is 2.85. The molecule has 0 saturated heterocycles. The summed E-state index contributed by atoms with van der Waals surface area (Å²) in [6.45, 7) is 1.45. The van der Waals surface area contributed by atoms with E-state index in [0.717, 1.165) is 12.3 Å². The molecular formula is C17H15ClO5S. The van der Waals surface area contributed by atoms with E-state index in [-0.39, 0.29) is 21.3 Å². The molecule has 0 N–H and O–H groups in total. The third-order valence-electron chi connectivity index (χ3n) is 3.30. The Hall–Kier alpha value is -2.18. The zero-order valence-electron chi connectivity index (χ0n) is 13.0. The van der Waals surface area contributed by atoms with Crippen LogP contribution in [0.4, 0.5) is 0 Å². The quantitative estimate of drug-likeness (QED) is 0.600. The lowest BCUT2D eigenvalue weighted by molar-refractivity contribution is 0.0318. The minimum atomic E-state index is -3.50. The highest BCUT2D eigenvalue weighted by atomic mass is 35.5. The van der Waals surface area contributed by atoms with Crippen LogP contribution in [-0.2, 0) is 14.6 Å². The number of esters is 1. The average molecular weight is 367 g/mol. The maximum absolute atomic E-state index is 12.2. The molecule has 2 aromatic rings. The Kier molecular flexibility index (Phi) is 5.41. The van der Waals surface area contributed by atoms with Gasteiger partial charge in [0.1, 0.15) is 0 Å². The number of Topliss-reactive ketones (excluding diaryl/α,β-unsaturated/α-hetero) is 1. The van der Waals surface area contributed by atoms with Crippen LogP contribution < -0.4 is 0 Å². The van der Waals surface area contributed by atoms with Crippen molar-refractivity contribution in [2.75, 3.05) is 6.26 Å². The Labute approximate surface area is 145 Å². The summed E-state index contributed by atoms with van der Waals surface area (Å²) in [5.74, 6) is -1.22. The first-order chi connectivity index (χ1) is 11.2. The first-order valence-corrected chi connectivity index (χ1v) is 9.27. The molecule has 2 rings (SSSR count). The standard InChI is InChI=1S/C17H15ClO5S/c1-11(16(19)12-6-4-3-5-7-12)23-17(20)14-10-13(24(2,21)22)8-9-15(14)18/h3-11H,1-2H3/t11-/m0/s1. The summed E-state index contributed by atoms with van der Waals surface area (Å²) in [6, 6.07) is 12.1. The van der Waals surface area contributed by atoms with Crippen LogP contribution in [0.25, 0.3) is 0 Å². The third-order valence-corrected chi connectivity index (χ3v) is 4.74. The molecular weight excluding hydrogens is 352 g/mol. The monoisotopic (exact) mass is 366 g/mol.